The lowest BCUT2D eigenvalue weighted by molar-refractivity contribution is 0.0425. The highest BCUT2D eigenvalue weighted by Crippen LogP contribution is 2.26. The van der Waals surface area contributed by atoms with Crippen molar-refractivity contribution >= 4 is 35.5 Å². The van der Waals surface area contributed by atoms with Crippen molar-refractivity contribution in [1.29, 1.82) is 0 Å². The third-order valence-corrected chi connectivity index (χ3v) is 3.49. The molecule has 2 aliphatic heterocycles. The number of halogens is 1. The molecule has 2 aliphatic rings. The van der Waals surface area contributed by atoms with E-state index in [2.05, 4.69) is 9.47 Å². The minimum Gasteiger partial charge on any atom is -0.386 e. The summed E-state index contributed by atoms with van der Waals surface area (Å²) in [6, 6.07) is 11.2. The Kier molecular flexibility index (Phi) is 3.67. The number of carbonyl (C=O) groups excluding carboxylic acids is 4. The van der Waals surface area contributed by atoms with E-state index in [1.165, 1.54) is 6.07 Å². The van der Waals surface area contributed by atoms with Crippen LogP contribution in [0.1, 0.15) is 41.4 Å². The van der Waals surface area contributed by atoms with E-state index in [1.54, 1.807) is 36.4 Å². The van der Waals surface area contributed by atoms with Crippen LogP contribution in [0.4, 0.5) is 0 Å². The summed E-state index contributed by atoms with van der Waals surface area (Å²) in [6.07, 6.45) is 0. The Morgan fingerprint density at radius 1 is 0.609 bits per heavy atom. The van der Waals surface area contributed by atoms with Gasteiger partial charge in [0.25, 0.3) is 0 Å². The molecule has 0 saturated heterocycles. The molecule has 23 heavy (non-hydrogen) atoms. The van der Waals surface area contributed by atoms with Gasteiger partial charge in [0.05, 0.1) is 27.3 Å². The number of hydrogen-bond acceptors (Lipinski definition) is 6. The zero-order valence-corrected chi connectivity index (χ0v) is 12.1. The van der Waals surface area contributed by atoms with Crippen molar-refractivity contribution in [3.8, 4) is 0 Å². The van der Waals surface area contributed by atoms with E-state index in [9.17, 15) is 19.2 Å². The number of rotatable bonds is 0. The van der Waals surface area contributed by atoms with E-state index >= 15 is 0 Å². The molecule has 0 aliphatic carbocycles. The van der Waals surface area contributed by atoms with E-state index in [0.717, 1.165) is 0 Å². The first-order chi connectivity index (χ1) is 11.0. The highest BCUT2D eigenvalue weighted by atomic mass is 35.5. The fraction of sp³-hybridized carbons (Fsp3) is 0. The normalized spacial score (nSPS) is 14.5. The Balaban J connectivity index is 0.000000136. The molecule has 0 atom stereocenters. The molecule has 2 aromatic carbocycles. The standard InChI is InChI=1S/C8H3ClO3.C8H4O3/c9-5-3-1-2-4-6(5)8(11)12-7(4)10;9-7-5-3-1-2-4-6(5)8(10)11-7/h1-3H;1-4H. The van der Waals surface area contributed by atoms with Gasteiger partial charge in [-0.15, -0.1) is 0 Å². The molecule has 0 radical (unpaired) electrons. The lowest BCUT2D eigenvalue weighted by atomic mass is 10.1. The maximum Gasteiger partial charge on any atom is 0.348 e. The van der Waals surface area contributed by atoms with Crippen LogP contribution in [0.25, 0.3) is 0 Å². The highest BCUT2D eigenvalue weighted by molar-refractivity contribution is 6.35. The van der Waals surface area contributed by atoms with Crippen LogP contribution in [0.15, 0.2) is 42.5 Å². The molecule has 0 spiro atoms. The first kappa shape index (κ1) is 14.9. The second kappa shape index (κ2) is 5.66. The molecule has 4 rings (SSSR count). The molecular weight excluding hydrogens is 324 g/mol. The number of hydrogen-bond donors (Lipinski definition) is 0. The van der Waals surface area contributed by atoms with Crippen LogP contribution in [0.3, 0.4) is 0 Å². The van der Waals surface area contributed by atoms with Gasteiger partial charge >= 0.3 is 23.9 Å². The molecule has 2 aromatic rings. The van der Waals surface area contributed by atoms with Crippen LogP contribution in [-0.4, -0.2) is 23.9 Å². The second-order valence-corrected chi connectivity index (χ2v) is 4.97. The molecule has 0 unspecified atom stereocenters. The summed E-state index contributed by atoms with van der Waals surface area (Å²) in [5.41, 5.74) is 1.13. The smallest absolute Gasteiger partial charge is 0.348 e. The molecular formula is C16H7ClO6. The molecule has 0 N–H and O–H groups in total. The summed E-state index contributed by atoms with van der Waals surface area (Å²) in [7, 11) is 0. The van der Waals surface area contributed by atoms with Crippen molar-refractivity contribution in [1.82, 2.24) is 0 Å². The summed E-state index contributed by atoms with van der Waals surface area (Å²) in [6.45, 7) is 0. The fourth-order valence-electron chi connectivity index (χ4n) is 2.13. The average Bonchev–Trinajstić information content (AvgIpc) is 2.99. The van der Waals surface area contributed by atoms with Gasteiger partial charge in [-0.25, -0.2) is 19.2 Å². The van der Waals surface area contributed by atoms with E-state index in [-0.39, 0.29) is 16.1 Å². The fourth-order valence-corrected chi connectivity index (χ4v) is 2.38. The predicted molar refractivity (Wildman–Crippen MR) is 77.4 cm³/mol. The van der Waals surface area contributed by atoms with Crippen molar-refractivity contribution in [2.45, 2.75) is 0 Å². The Labute approximate surface area is 134 Å². The van der Waals surface area contributed by atoms with Crippen molar-refractivity contribution in [2.75, 3.05) is 0 Å². The van der Waals surface area contributed by atoms with Gasteiger partial charge in [0.2, 0.25) is 0 Å². The summed E-state index contributed by atoms with van der Waals surface area (Å²) < 4.78 is 8.70. The largest absolute Gasteiger partial charge is 0.386 e. The zero-order valence-electron chi connectivity index (χ0n) is 11.4. The lowest BCUT2D eigenvalue weighted by Crippen LogP contribution is -1.97. The van der Waals surface area contributed by atoms with Gasteiger partial charge in [-0.05, 0) is 24.3 Å². The van der Waals surface area contributed by atoms with Crippen molar-refractivity contribution in [3.63, 3.8) is 0 Å². The van der Waals surface area contributed by atoms with Gasteiger partial charge in [0.1, 0.15) is 0 Å². The van der Waals surface area contributed by atoms with Crippen LogP contribution in [0.5, 0.6) is 0 Å². The predicted octanol–water partition coefficient (Wildman–Crippen LogP) is 2.65. The molecule has 0 bridgehead atoms. The monoisotopic (exact) mass is 330 g/mol. The van der Waals surface area contributed by atoms with Gasteiger partial charge in [-0.1, -0.05) is 29.8 Å². The molecule has 0 aromatic heterocycles. The summed E-state index contributed by atoms with van der Waals surface area (Å²) in [5, 5.41) is 0.253. The Hall–Kier alpha value is -2.99. The molecule has 6 nitrogen and oxygen atoms in total. The average molecular weight is 331 g/mol. The maximum atomic E-state index is 11.0. The number of benzene rings is 2. The minimum absolute atomic E-state index is 0.171. The molecule has 7 heteroatoms. The number of cyclic esters (lactones) is 4. The van der Waals surface area contributed by atoms with Crippen LogP contribution < -0.4 is 0 Å². The third kappa shape index (κ3) is 2.60. The van der Waals surface area contributed by atoms with Crippen molar-refractivity contribution < 1.29 is 28.7 Å². The van der Waals surface area contributed by atoms with Gasteiger partial charge in [-0.2, -0.15) is 0 Å². The van der Waals surface area contributed by atoms with Gasteiger partial charge < -0.3 is 9.47 Å². The first-order valence-corrected chi connectivity index (χ1v) is 6.77. The Bertz CT molecular complexity index is 838. The number of fused-ring (bicyclic) bond motifs is 2. The molecule has 2 heterocycles. The summed E-state index contributed by atoms with van der Waals surface area (Å²) in [5.74, 6) is -2.39. The number of esters is 4. The zero-order chi connectivity index (χ0) is 16.6. The van der Waals surface area contributed by atoms with Crippen LogP contribution in [-0.2, 0) is 9.47 Å². The van der Waals surface area contributed by atoms with E-state index < -0.39 is 23.9 Å². The number of ether oxygens (including phenoxy) is 2. The van der Waals surface area contributed by atoms with Gasteiger partial charge in [-0.3, -0.25) is 0 Å². The topological polar surface area (TPSA) is 86.7 Å². The minimum atomic E-state index is -0.666. The highest BCUT2D eigenvalue weighted by Gasteiger charge is 2.31. The van der Waals surface area contributed by atoms with Gasteiger partial charge in [0.15, 0.2) is 0 Å². The Morgan fingerprint density at radius 2 is 1.09 bits per heavy atom. The van der Waals surface area contributed by atoms with Crippen molar-refractivity contribution in [3.05, 3.63) is 69.7 Å². The molecule has 0 saturated carbocycles. The number of carbonyl (C=O) groups is 4. The third-order valence-electron chi connectivity index (χ3n) is 3.18. The SMILES string of the molecule is O=C1OC(=O)c2c(Cl)cccc21.O=C1OC(=O)c2ccccc21. The summed E-state index contributed by atoms with van der Waals surface area (Å²) in [4.78, 5) is 43.6. The van der Waals surface area contributed by atoms with Crippen LogP contribution in [0, 0.1) is 0 Å². The quantitative estimate of drug-likeness (QED) is 0.545. The lowest BCUT2D eigenvalue weighted by Gasteiger charge is -1.92. The van der Waals surface area contributed by atoms with E-state index in [0.29, 0.717) is 11.1 Å². The Morgan fingerprint density at radius 3 is 1.65 bits per heavy atom. The second-order valence-electron chi connectivity index (χ2n) is 4.56. The molecule has 114 valence electrons. The van der Waals surface area contributed by atoms with E-state index in [1.807, 2.05) is 0 Å². The maximum absolute atomic E-state index is 11.0. The van der Waals surface area contributed by atoms with Crippen LogP contribution in [0.2, 0.25) is 5.02 Å². The molecule has 0 amide bonds. The summed E-state index contributed by atoms with van der Waals surface area (Å²) >= 11 is 5.68. The van der Waals surface area contributed by atoms with Crippen molar-refractivity contribution in [2.24, 2.45) is 0 Å². The molecule has 0 fully saturated rings. The van der Waals surface area contributed by atoms with Gasteiger partial charge in [0, 0.05) is 0 Å². The van der Waals surface area contributed by atoms with Crippen LogP contribution >= 0.6 is 11.6 Å². The first-order valence-electron chi connectivity index (χ1n) is 6.39. The van der Waals surface area contributed by atoms with E-state index in [4.69, 9.17) is 11.6 Å².